The van der Waals surface area contributed by atoms with E-state index in [1.807, 2.05) is 44.2 Å². The average Bonchev–Trinajstić information content (AvgIpc) is 2.64. The summed E-state index contributed by atoms with van der Waals surface area (Å²) in [6, 6.07) is 11.2. The second-order valence-corrected chi connectivity index (χ2v) is 7.26. The highest BCUT2D eigenvalue weighted by atomic mass is 35.5. The molecule has 0 unspecified atom stereocenters. The number of anilines is 2. The van der Waals surface area contributed by atoms with Gasteiger partial charge < -0.3 is 15.0 Å². The molecule has 1 amide bonds. The minimum Gasteiger partial charge on any atom is -0.378 e. The Morgan fingerprint density at radius 3 is 2.59 bits per heavy atom. The van der Waals surface area contributed by atoms with Crippen LogP contribution in [0.5, 0.6) is 0 Å². The molecule has 0 spiro atoms. The first-order chi connectivity index (χ1) is 13.0. The highest BCUT2D eigenvalue weighted by Gasteiger charge is 2.19. The van der Waals surface area contributed by atoms with Crippen molar-refractivity contribution in [3.63, 3.8) is 0 Å². The molecule has 1 aliphatic heterocycles. The van der Waals surface area contributed by atoms with E-state index in [-0.39, 0.29) is 11.0 Å². The lowest BCUT2D eigenvalue weighted by molar-refractivity contribution is 0.0977. The fraction of sp³-hybridized carbons (Fsp3) is 0.300. The molecule has 0 aliphatic carbocycles. The Balaban J connectivity index is 1.73. The highest BCUT2D eigenvalue weighted by molar-refractivity contribution is 7.80. The Bertz CT molecular complexity index is 866. The second-order valence-electron chi connectivity index (χ2n) is 6.44. The molecule has 0 radical (unpaired) electrons. The van der Waals surface area contributed by atoms with Crippen molar-refractivity contribution in [3.8, 4) is 0 Å². The summed E-state index contributed by atoms with van der Waals surface area (Å²) in [6.07, 6.45) is 0. The number of carbonyl (C=O) groups excluding carboxylic acids is 1. The maximum atomic E-state index is 12.5. The normalized spacial score (nSPS) is 14.0. The van der Waals surface area contributed by atoms with Crippen molar-refractivity contribution in [1.29, 1.82) is 0 Å². The van der Waals surface area contributed by atoms with Gasteiger partial charge in [-0.3, -0.25) is 10.1 Å². The summed E-state index contributed by atoms with van der Waals surface area (Å²) in [5.41, 5.74) is 4.40. The van der Waals surface area contributed by atoms with Gasteiger partial charge in [0.05, 0.1) is 29.6 Å². The van der Waals surface area contributed by atoms with Crippen molar-refractivity contribution in [1.82, 2.24) is 5.32 Å². The van der Waals surface area contributed by atoms with Gasteiger partial charge in [0.25, 0.3) is 5.91 Å². The maximum absolute atomic E-state index is 12.5. The average molecular weight is 404 g/mol. The largest absolute Gasteiger partial charge is 0.378 e. The summed E-state index contributed by atoms with van der Waals surface area (Å²) >= 11 is 11.8. The topological polar surface area (TPSA) is 53.6 Å². The van der Waals surface area contributed by atoms with Crippen molar-refractivity contribution in [3.05, 3.63) is 58.1 Å². The lowest BCUT2D eigenvalue weighted by Crippen LogP contribution is -2.38. The number of rotatable bonds is 3. The second kappa shape index (κ2) is 8.69. The van der Waals surface area contributed by atoms with Gasteiger partial charge in [0.15, 0.2) is 5.11 Å². The van der Waals surface area contributed by atoms with E-state index in [2.05, 4.69) is 15.5 Å². The van der Waals surface area contributed by atoms with Crippen LogP contribution in [-0.2, 0) is 4.74 Å². The molecule has 7 heteroatoms. The first-order valence-electron chi connectivity index (χ1n) is 8.76. The Morgan fingerprint density at radius 1 is 1.15 bits per heavy atom. The summed E-state index contributed by atoms with van der Waals surface area (Å²) in [4.78, 5) is 14.6. The summed E-state index contributed by atoms with van der Waals surface area (Å²) in [6.45, 7) is 6.79. The monoisotopic (exact) mass is 403 g/mol. The first kappa shape index (κ1) is 19.6. The minimum absolute atomic E-state index is 0.231. The summed E-state index contributed by atoms with van der Waals surface area (Å²) in [5.74, 6) is -0.245. The number of thiocarbonyl (C=S) groups is 1. The number of ether oxygens (including phenoxy) is 1. The van der Waals surface area contributed by atoms with E-state index in [0.29, 0.717) is 23.8 Å². The van der Waals surface area contributed by atoms with Crippen molar-refractivity contribution < 1.29 is 9.53 Å². The molecular weight excluding hydrogens is 382 g/mol. The third kappa shape index (κ3) is 4.77. The molecule has 1 aliphatic rings. The number of halogens is 1. The van der Waals surface area contributed by atoms with Crippen LogP contribution in [0.2, 0.25) is 5.02 Å². The van der Waals surface area contributed by atoms with Gasteiger partial charge in [0.1, 0.15) is 0 Å². The van der Waals surface area contributed by atoms with E-state index in [1.54, 1.807) is 6.07 Å². The van der Waals surface area contributed by atoms with Gasteiger partial charge >= 0.3 is 0 Å². The van der Waals surface area contributed by atoms with Crippen LogP contribution in [0.4, 0.5) is 11.4 Å². The Hall–Kier alpha value is -2.15. The van der Waals surface area contributed by atoms with Gasteiger partial charge in [-0.15, -0.1) is 0 Å². The molecule has 2 N–H and O–H groups in total. The number of para-hydroxylation sites is 1. The number of nitrogens with zero attached hydrogens (tertiary/aromatic N) is 1. The van der Waals surface area contributed by atoms with Gasteiger partial charge in [-0.2, -0.15) is 0 Å². The van der Waals surface area contributed by atoms with Gasteiger partial charge in [0, 0.05) is 18.7 Å². The van der Waals surface area contributed by atoms with E-state index in [9.17, 15) is 4.79 Å². The summed E-state index contributed by atoms with van der Waals surface area (Å²) in [5, 5.41) is 6.71. The molecule has 1 saturated heterocycles. The van der Waals surface area contributed by atoms with E-state index < -0.39 is 0 Å². The molecule has 0 saturated carbocycles. The molecule has 2 aromatic rings. The third-order valence-electron chi connectivity index (χ3n) is 4.56. The van der Waals surface area contributed by atoms with E-state index >= 15 is 0 Å². The Labute approximate surface area is 169 Å². The van der Waals surface area contributed by atoms with Gasteiger partial charge in [-0.05, 0) is 61.5 Å². The molecule has 27 heavy (non-hydrogen) atoms. The number of nitrogens with one attached hydrogen (secondary N) is 2. The van der Waals surface area contributed by atoms with Gasteiger partial charge in [0.2, 0.25) is 0 Å². The zero-order chi connectivity index (χ0) is 19.4. The van der Waals surface area contributed by atoms with E-state index in [4.69, 9.17) is 28.6 Å². The van der Waals surface area contributed by atoms with Crippen LogP contribution in [0.25, 0.3) is 0 Å². The first-order valence-corrected chi connectivity index (χ1v) is 9.55. The number of aryl methyl sites for hydroxylation is 2. The van der Waals surface area contributed by atoms with Crippen LogP contribution >= 0.6 is 23.8 Å². The number of carbonyl (C=O) groups is 1. The van der Waals surface area contributed by atoms with Crippen LogP contribution in [0.1, 0.15) is 21.5 Å². The molecule has 1 heterocycles. The molecule has 0 atom stereocenters. The number of benzene rings is 2. The van der Waals surface area contributed by atoms with Crippen LogP contribution in [0.3, 0.4) is 0 Å². The Kier molecular flexibility index (Phi) is 6.31. The molecule has 142 valence electrons. The van der Waals surface area contributed by atoms with Crippen LogP contribution in [0.15, 0.2) is 36.4 Å². The predicted molar refractivity (Wildman–Crippen MR) is 114 cm³/mol. The standard InChI is InChI=1S/C20H22ClN3O2S/c1-13-6-7-15(12-14(13)2)19(25)23-20(27)22-17-5-3-4-16(21)18(17)24-8-10-26-11-9-24/h3-7,12H,8-11H2,1-2H3,(H2,22,23,25,27). The molecule has 0 bridgehead atoms. The lowest BCUT2D eigenvalue weighted by Gasteiger charge is -2.31. The number of hydrogen-bond acceptors (Lipinski definition) is 4. The van der Waals surface area contributed by atoms with Crippen LogP contribution in [-0.4, -0.2) is 37.3 Å². The highest BCUT2D eigenvalue weighted by Crippen LogP contribution is 2.34. The van der Waals surface area contributed by atoms with Crippen LogP contribution < -0.4 is 15.5 Å². The number of morpholine rings is 1. The third-order valence-corrected chi connectivity index (χ3v) is 5.07. The molecule has 2 aromatic carbocycles. The van der Waals surface area contributed by atoms with E-state index in [1.165, 1.54) is 0 Å². The molecule has 3 rings (SSSR count). The summed E-state index contributed by atoms with van der Waals surface area (Å²) < 4.78 is 5.41. The van der Waals surface area contributed by atoms with Crippen molar-refractivity contribution >= 4 is 46.2 Å². The summed E-state index contributed by atoms with van der Waals surface area (Å²) in [7, 11) is 0. The van der Waals surface area contributed by atoms with E-state index in [0.717, 1.165) is 35.6 Å². The van der Waals surface area contributed by atoms with Gasteiger partial charge in [-0.25, -0.2) is 0 Å². The maximum Gasteiger partial charge on any atom is 0.257 e. The van der Waals surface area contributed by atoms with Crippen molar-refractivity contribution in [2.24, 2.45) is 0 Å². The van der Waals surface area contributed by atoms with Crippen molar-refractivity contribution in [2.75, 3.05) is 36.5 Å². The molecule has 1 fully saturated rings. The number of hydrogen-bond donors (Lipinski definition) is 2. The van der Waals surface area contributed by atoms with Crippen LogP contribution in [0, 0.1) is 13.8 Å². The fourth-order valence-electron chi connectivity index (χ4n) is 2.94. The Morgan fingerprint density at radius 2 is 1.89 bits per heavy atom. The zero-order valence-corrected chi connectivity index (χ0v) is 16.9. The van der Waals surface area contributed by atoms with Gasteiger partial charge in [-0.1, -0.05) is 23.7 Å². The fourth-order valence-corrected chi connectivity index (χ4v) is 3.43. The molecular formula is C20H22ClN3O2S. The SMILES string of the molecule is Cc1ccc(C(=O)NC(=S)Nc2cccc(Cl)c2N2CCOCC2)cc1C. The quantitative estimate of drug-likeness (QED) is 0.761. The smallest absolute Gasteiger partial charge is 0.257 e. The predicted octanol–water partition coefficient (Wildman–Crippen LogP) is 3.92. The van der Waals surface area contributed by atoms with Crippen molar-refractivity contribution in [2.45, 2.75) is 13.8 Å². The number of amides is 1. The lowest BCUT2D eigenvalue weighted by atomic mass is 10.1. The molecule has 0 aromatic heterocycles. The zero-order valence-electron chi connectivity index (χ0n) is 15.3. The molecule has 5 nitrogen and oxygen atoms in total. The minimum atomic E-state index is -0.245.